The summed E-state index contributed by atoms with van der Waals surface area (Å²) >= 11 is 0. The van der Waals surface area contributed by atoms with Gasteiger partial charge >= 0.3 is 0 Å². The van der Waals surface area contributed by atoms with Gasteiger partial charge in [0.2, 0.25) is 0 Å². The van der Waals surface area contributed by atoms with Crippen LogP contribution in [0.25, 0.3) is 0 Å². The van der Waals surface area contributed by atoms with Crippen LogP contribution in [-0.4, -0.2) is 31.2 Å². The number of hydrogen-bond acceptors (Lipinski definition) is 4. The van der Waals surface area contributed by atoms with Crippen molar-refractivity contribution in [1.82, 2.24) is 9.78 Å². The molecule has 4 aliphatic rings. The number of fused-ring (bicyclic) bond motifs is 5. The smallest absolute Gasteiger partial charge is 0.102 e. The zero-order valence-corrected chi connectivity index (χ0v) is 22.5. The molecule has 4 saturated carbocycles. The fourth-order valence-corrected chi connectivity index (χ4v) is 10.2. The van der Waals surface area contributed by atoms with E-state index in [1.807, 2.05) is 6.92 Å². The highest BCUT2D eigenvalue weighted by molar-refractivity contribution is 5.21. The summed E-state index contributed by atoms with van der Waals surface area (Å²) in [5.41, 5.74) is -0.210. The van der Waals surface area contributed by atoms with Gasteiger partial charge < -0.3 is 10.2 Å². The minimum absolute atomic E-state index is 0.148. The molecule has 4 aliphatic carbocycles. The van der Waals surface area contributed by atoms with Gasteiger partial charge in [-0.15, -0.1) is 0 Å². The summed E-state index contributed by atoms with van der Waals surface area (Å²) in [5.74, 6) is 3.10. The standard InChI is InChI=1S/C30H47N3O2/c1-5-12-30(35)15-14-27(2)22(16-30)9-10-23-24-7-6-8-26(28(24,3)13-11-25(23)27)29(4,34)20-33-19-21(17-31)18-32-33/h18-19,22-26,34-35H,5-16,20H2,1-4H3/t22-,23+,24+,25+,26+,27+,28+,29+,30-/m1/s1. The molecule has 0 aliphatic heterocycles. The van der Waals surface area contributed by atoms with Crippen molar-refractivity contribution in [2.75, 3.05) is 0 Å². The van der Waals surface area contributed by atoms with E-state index >= 15 is 0 Å². The number of rotatable bonds is 5. The van der Waals surface area contributed by atoms with Crippen LogP contribution in [0.5, 0.6) is 0 Å². The van der Waals surface area contributed by atoms with Gasteiger partial charge in [-0.1, -0.05) is 33.6 Å². The van der Waals surface area contributed by atoms with Crippen molar-refractivity contribution in [1.29, 1.82) is 5.26 Å². The van der Waals surface area contributed by atoms with Crippen LogP contribution in [0.15, 0.2) is 12.4 Å². The quantitative estimate of drug-likeness (QED) is 0.533. The lowest BCUT2D eigenvalue weighted by Gasteiger charge is -2.65. The van der Waals surface area contributed by atoms with Crippen LogP contribution in [0.4, 0.5) is 0 Å². The molecule has 194 valence electrons. The zero-order chi connectivity index (χ0) is 25.1. The highest BCUT2D eigenvalue weighted by Gasteiger charge is 2.61. The molecule has 0 bridgehead atoms. The Hall–Kier alpha value is -1.38. The molecule has 0 spiro atoms. The summed E-state index contributed by atoms with van der Waals surface area (Å²) in [6, 6.07) is 2.15. The minimum atomic E-state index is -0.846. The molecule has 1 aromatic heterocycles. The summed E-state index contributed by atoms with van der Waals surface area (Å²) in [5, 5.41) is 36.6. The van der Waals surface area contributed by atoms with E-state index in [9.17, 15) is 15.5 Å². The first-order valence-electron chi connectivity index (χ1n) is 14.4. The van der Waals surface area contributed by atoms with Gasteiger partial charge in [0.15, 0.2) is 0 Å². The minimum Gasteiger partial charge on any atom is -0.390 e. The van der Waals surface area contributed by atoms with Crippen LogP contribution in [0, 0.1) is 51.8 Å². The van der Waals surface area contributed by atoms with Crippen molar-refractivity contribution >= 4 is 0 Å². The van der Waals surface area contributed by atoms with E-state index in [1.54, 1.807) is 17.1 Å². The summed E-state index contributed by atoms with van der Waals surface area (Å²) in [6.45, 7) is 9.73. The van der Waals surface area contributed by atoms with E-state index in [1.165, 1.54) is 44.9 Å². The molecule has 0 unspecified atom stereocenters. The summed E-state index contributed by atoms with van der Waals surface area (Å²) in [4.78, 5) is 0. The lowest BCUT2D eigenvalue weighted by molar-refractivity contribution is -0.192. The van der Waals surface area contributed by atoms with Gasteiger partial charge in [-0.3, -0.25) is 4.68 Å². The average molecular weight is 482 g/mol. The monoisotopic (exact) mass is 481 g/mol. The van der Waals surface area contributed by atoms with E-state index in [0.717, 1.165) is 43.9 Å². The molecular formula is C30H47N3O2. The Labute approximate surface area is 212 Å². The fourth-order valence-electron chi connectivity index (χ4n) is 10.2. The number of nitriles is 1. The molecule has 1 heterocycles. The van der Waals surface area contributed by atoms with Crippen LogP contribution in [0.1, 0.15) is 110 Å². The van der Waals surface area contributed by atoms with Gasteiger partial charge in [0.05, 0.1) is 29.5 Å². The van der Waals surface area contributed by atoms with Crippen molar-refractivity contribution in [3.05, 3.63) is 18.0 Å². The third kappa shape index (κ3) is 4.17. The van der Waals surface area contributed by atoms with Crippen LogP contribution in [-0.2, 0) is 6.54 Å². The van der Waals surface area contributed by atoms with Crippen molar-refractivity contribution in [2.45, 2.75) is 122 Å². The molecule has 0 amide bonds. The maximum absolute atomic E-state index is 11.8. The largest absolute Gasteiger partial charge is 0.390 e. The second-order valence-electron chi connectivity index (χ2n) is 13.8. The van der Waals surface area contributed by atoms with Gasteiger partial charge in [0.1, 0.15) is 6.07 Å². The van der Waals surface area contributed by atoms with Crippen molar-refractivity contribution in [3.8, 4) is 6.07 Å². The number of nitrogens with zero attached hydrogens (tertiary/aromatic N) is 3. The lowest BCUT2D eigenvalue weighted by atomic mass is 9.40. The number of aromatic nitrogens is 2. The SMILES string of the molecule is CCC[C@@]1(O)CC[C@@]2(C)[C@H](CC[C@@H]3[C@@H]2CC[C@@]2(C)[C@H]3CCC[C@@H]2[C@@](C)(O)Cn2cc(C#N)cn2)C1. The van der Waals surface area contributed by atoms with Crippen molar-refractivity contribution in [2.24, 2.45) is 40.4 Å². The number of aliphatic hydroxyl groups is 2. The Bertz CT molecular complexity index is 965. The highest BCUT2D eigenvalue weighted by atomic mass is 16.3. The maximum atomic E-state index is 11.8. The Morgan fingerprint density at radius 1 is 1.11 bits per heavy atom. The molecule has 5 rings (SSSR count). The van der Waals surface area contributed by atoms with E-state index in [2.05, 4.69) is 31.9 Å². The molecule has 4 fully saturated rings. The molecular weight excluding hydrogens is 434 g/mol. The van der Waals surface area contributed by atoms with E-state index in [-0.39, 0.29) is 11.3 Å². The Morgan fingerprint density at radius 3 is 2.60 bits per heavy atom. The van der Waals surface area contributed by atoms with Gasteiger partial charge in [0, 0.05) is 6.20 Å². The molecule has 2 N–H and O–H groups in total. The Balaban J connectivity index is 1.36. The summed E-state index contributed by atoms with van der Waals surface area (Å²) in [6.07, 6.45) is 17.2. The Kier molecular flexibility index (Phi) is 6.41. The zero-order valence-electron chi connectivity index (χ0n) is 22.5. The summed E-state index contributed by atoms with van der Waals surface area (Å²) in [7, 11) is 0. The second-order valence-corrected chi connectivity index (χ2v) is 13.8. The molecule has 5 nitrogen and oxygen atoms in total. The first kappa shape index (κ1) is 25.3. The molecule has 35 heavy (non-hydrogen) atoms. The predicted octanol–water partition coefficient (Wildman–Crippen LogP) is 6.09. The lowest BCUT2D eigenvalue weighted by Crippen LogP contribution is -2.60. The van der Waals surface area contributed by atoms with Crippen molar-refractivity contribution in [3.63, 3.8) is 0 Å². The molecule has 0 aromatic carbocycles. The Morgan fingerprint density at radius 2 is 1.89 bits per heavy atom. The predicted molar refractivity (Wildman–Crippen MR) is 137 cm³/mol. The van der Waals surface area contributed by atoms with Crippen LogP contribution in [0.3, 0.4) is 0 Å². The van der Waals surface area contributed by atoms with Crippen molar-refractivity contribution < 1.29 is 10.2 Å². The van der Waals surface area contributed by atoms with E-state index < -0.39 is 11.2 Å². The van der Waals surface area contributed by atoms with Crippen LogP contribution < -0.4 is 0 Å². The first-order valence-corrected chi connectivity index (χ1v) is 14.4. The topological polar surface area (TPSA) is 82.1 Å². The van der Waals surface area contributed by atoms with Crippen LogP contribution >= 0.6 is 0 Å². The van der Waals surface area contributed by atoms with E-state index in [4.69, 9.17) is 0 Å². The first-order chi connectivity index (χ1) is 16.5. The average Bonchev–Trinajstić information content (AvgIpc) is 3.25. The van der Waals surface area contributed by atoms with Gasteiger partial charge in [-0.05, 0) is 112 Å². The van der Waals surface area contributed by atoms with E-state index in [0.29, 0.717) is 29.4 Å². The third-order valence-electron chi connectivity index (χ3n) is 11.8. The van der Waals surface area contributed by atoms with Gasteiger partial charge in [-0.2, -0.15) is 10.4 Å². The normalized spacial score (nSPS) is 44.9. The molecule has 5 heteroatoms. The molecule has 0 radical (unpaired) electrons. The summed E-state index contributed by atoms with van der Waals surface area (Å²) < 4.78 is 1.77. The maximum Gasteiger partial charge on any atom is 0.102 e. The molecule has 1 aromatic rings. The van der Waals surface area contributed by atoms with Gasteiger partial charge in [-0.25, -0.2) is 0 Å². The molecule has 9 atom stereocenters. The molecule has 0 saturated heterocycles. The second kappa shape index (κ2) is 8.88. The fraction of sp³-hybridized carbons (Fsp3) is 0.867. The number of hydrogen-bond donors (Lipinski definition) is 2. The third-order valence-corrected chi connectivity index (χ3v) is 11.8. The van der Waals surface area contributed by atoms with Gasteiger partial charge in [0.25, 0.3) is 0 Å². The van der Waals surface area contributed by atoms with Crippen LogP contribution in [0.2, 0.25) is 0 Å². The highest BCUT2D eigenvalue weighted by Crippen LogP contribution is 2.68.